The van der Waals surface area contributed by atoms with Gasteiger partial charge in [-0.15, -0.1) is 0 Å². The van der Waals surface area contributed by atoms with Gasteiger partial charge in [-0.2, -0.15) is 21.6 Å². The van der Waals surface area contributed by atoms with Gasteiger partial charge in [0.2, 0.25) is 0 Å². The van der Waals surface area contributed by atoms with Crippen molar-refractivity contribution >= 4 is 34.0 Å². The predicted octanol–water partition coefficient (Wildman–Crippen LogP) is 1.74. The van der Waals surface area contributed by atoms with Gasteiger partial charge in [-0.3, -0.25) is 4.55 Å². The average Bonchev–Trinajstić information content (AvgIpc) is 2.39. The summed E-state index contributed by atoms with van der Waals surface area (Å²) >= 11 is 0.461. The second-order valence-electron chi connectivity index (χ2n) is 3.65. The molecule has 0 heterocycles. The van der Waals surface area contributed by atoms with Crippen LogP contribution in [-0.4, -0.2) is 33.4 Å². The zero-order valence-electron chi connectivity index (χ0n) is 10.5. The number of rotatable bonds is 2. The molecule has 0 saturated heterocycles. The Kier molecular flexibility index (Phi) is 6.41. The van der Waals surface area contributed by atoms with Crippen LogP contribution >= 0.6 is 0 Å². The first-order chi connectivity index (χ1) is 9.70. The number of alkyl halides is 3. The molecule has 0 aliphatic rings. The zero-order valence-corrected chi connectivity index (χ0v) is 13.0. The van der Waals surface area contributed by atoms with Crippen LogP contribution in [0.1, 0.15) is 0 Å². The summed E-state index contributed by atoms with van der Waals surface area (Å²) in [5, 5.41) is 0. The minimum atomic E-state index is -5.84. The molecule has 0 atom stereocenters. The molecule has 0 aliphatic heterocycles. The van der Waals surface area contributed by atoms with Crippen molar-refractivity contribution < 1.29 is 26.1 Å². The van der Waals surface area contributed by atoms with Crippen LogP contribution in [-0.2, 0) is 10.1 Å². The van der Waals surface area contributed by atoms with E-state index in [9.17, 15) is 13.2 Å². The van der Waals surface area contributed by atoms with Gasteiger partial charge >= 0.3 is 100 Å². The van der Waals surface area contributed by atoms with Gasteiger partial charge in [0.15, 0.2) is 0 Å². The monoisotopic (exact) mass is 384 g/mol. The van der Waals surface area contributed by atoms with Crippen molar-refractivity contribution in [1.82, 2.24) is 0 Å². The van der Waals surface area contributed by atoms with Gasteiger partial charge in [-0.05, 0) is 0 Å². The minimum absolute atomic E-state index is 0.461. The molecule has 0 saturated carbocycles. The van der Waals surface area contributed by atoms with Crippen LogP contribution in [0, 0.1) is 0 Å². The molecule has 0 aliphatic carbocycles. The average molecular weight is 383 g/mol. The molecular weight excluding hydrogens is 372 g/mol. The van der Waals surface area contributed by atoms with E-state index < -0.39 is 15.6 Å². The molecule has 2 aromatic rings. The number of hydrogen-bond acceptors (Lipinski definition) is 2. The number of hydrogen-bond donors (Lipinski definition) is 1. The van der Waals surface area contributed by atoms with Crippen molar-refractivity contribution in [3.63, 3.8) is 0 Å². The number of halogens is 3. The van der Waals surface area contributed by atoms with E-state index in [4.69, 9.17) is 13.0 Å². The first kappa shape index (κ1) is 17.7. The molecule has 0 fully saturated rings. The summed E-state index contributed by atoms with van der Waals surface area (Å²) in [5.41, 5.74) is -5.53. The van der Waals surface area contributed by atoms with Gasteiger partial charge in [-0.25, -0.2) is 0 Å². The van der Waals surface area contributed by atoms with Crippen LogP contribution in [0.5, 0.6) is 0 Å². The summed E-state index contributed by atoms with van der Waals surface area (Å²) in [6.07, 6.45) is 0. The van der Waals surface area contributed by atoms with Crippen LogP contribution in [0.15, 0.2) is 60.7 Å². The van der Waals surface area contributed by atoms with E-state index in [1.807, 2.05) is 0 Å². The molecule has 8 heteroatoms. The van der Waals surface area contributed by atoms with Crippen LogP contribution in [0.3, 0.4) is 0 Å². The van der Waals surface area contributed by atoms with E-state index in [1.54, 1.807) is 0 Å². The van der Waals surface area contributed by atoms with Gasteiger partial charge < -0.3 is 0 Å². The van der Waals surface area contributed by atoms with Gasteiger partial charge in [0.1, 0.15) is 0 Å². The van der Waals surface area contributed by atoms with Gasteiger partial charge in [0.25, 0.3) is 0 Å². The Morgan fingerprint density at radius 2 is 1.10 bits per heavy atom. The summed E-state index contributed by atoms with van der Waals surface area (Å²) in [6, 6.07) is 21.3. The maximum atomic E-state index is 10.7. The Morgan fingerprint density at radius 3 is 1.33 bits per heavy atom. The van der Waals surface area contributed by atoms with Crippen molar-refractivity contribution in [2.45, 2.75) is 5.51 Å². The summed E-state index contributed by atoms with van der Waals surface area (Å²) in [4.78, 5) is 0. The third-order valence-corrected chi connectivity index (χ3v) is 4.73. The molecule has 3 nitrogen and oxygen atoms in total. The molecule has 0 spiro atoms. The Balaban J connectivity index is 0.000000240. The van der Waals surface area contributed by atoms with Crippen LogP contribution in [0.2, 0.25) is 0 Å². The molecule has 2 rings (SSSR count). The van der Waals surface area contributed by atoms with E-state index in [-0.39, 0.29) is 0 Å². The van der Waals surface area contributed by atoms with Crippen molar-refractivity contribution in [3.05, 3.63) is 60.7 Å². The van der Waals surface area contributed by atoms with Crippen LogP contribution in [0.4, 0.5) is 13.2 Å². The standard InChI is InChI=1S/C12H10Se.CHF3O3S/c1-3-7-11(8-4-1)13-12-9-5-2-6-10-12;2-1(3,4)8(5,6)7/h1-10H;(H,5,6,7). The van der Waals surface area contributed by atoms with E-state index in [1.165, 1.54) is 8.92 Å². The summed E-state index contributed by atoms with van der Waals surface area (Å²) in [6.45, 7) is 0. The fourth-order valence-corrected chi connectivity index (χ4v) is 2.91. The summed E-state index contributed by atoms with van der Waals surface area (Å²) in [7, 11) is -5.84. The first-order valence-electron chi connectivity index (χ1n) is 5.52. The Bertz CT molecular complexity index is 606. The molecule has 0 bridgehead atoms. The van der Waals surface area contributed by atoms with E-state index >= 15 is 0 Å². The molecule has 2 aromatic carbocycles. The van der Waals surface area contributed by atoms with Crippen LogP contribution in [0.25, 0.3) is 0 Å². The van der Waals surface area contributed by atoms with Gasteiger partial charge in [0, 0.05) is 0 Å². The van der Waals surface area contributed by atoms with Crippen LogP contribution < -0.4 is 8.92 Å². The summed E-state index contributed by atoms with van der Waals surface area (Å²) < 4.78 is 60.4. The molecule has 1 N–H and O–H groups in total. The molecular formula is C13H11F3O3SSe. The van der Waals surface area contributed by atoms with Crippen molar-refractivity contribution in [2.75, 3.05) is 0 Å². The molecule has 114 valence electrons. The molecule has 0 aromatic heterocycles. The second-order valence-corrected chi connectivity index (χ2v) is 7.47. The zero-order chi connectivity index (χ0) is 15.9. The van der Waals surface area contributed by atoms with Crippen molar-refractivity contribution in [3.8, 4) is 0 Å². The SMILES string of the molecule is O=S(=O)(O)C(F)(F)F.c1ccc([Se]c2ccccc2)cc1. The van der Waals surface area contributed by atoms with Gasteiger partial charge in [0.05, 0.1) is 0 Å². The predicted molar refractivity (Wildman–Crippen MR) is 75.5 cm³/mol. The van der Waals surface area contributed by atoms with Crippen molar-refractivity contribution in [1.29, 1.82) is 0 Å². The second kappa shape index (κ2) is 7.61. The molecule has 21 heavy (non-hydrogen) atoms. The first-order valence-corrected chi connectivity index (χ1v) is 8.67. The Morgan fingerprint density at radius 1 is 0.810 bits per heavy atom. The number of benzene rings is 2. The maximum absolute atomic E-state index is 10.7. The summed E-state index contributed by atoms with van der Waals surface area (Å²) in [5.74, 6) is 0. The van der Waals surface area contributed by atoms with E-state index in [2.05, 4.69) is 60.7 Å². The fourth-order valence-electron chi connectivity index (χ4n) is 1.11. The van der Waals surface area contributed by atoms with E-state index in [0.29, 0.717) is 15.0 Å². The van der Waals surface area contributed by atoms with Crippen molar-refractivity contribution in [2.24, 2.45) is 0 Å². The molecule has 0 radical (unpaired) electrons. The fraction of sp³-hybridized carbons (Fsp3) is 0.0769. The Hall–Kier alpha value is -1.34. The van der Waals surface area contributed by atoms with Gasteiger partial charge in [-0.1, -0.05) is 0 Å². The topological polar surface area (TPSA) is 54.4 Å². The Labute approximate surface area is 126 Å². The molecule has 0 amide bonds. The third-order valence-electron chi connectivity index (χ3n) is 2.01. The quantitative estimate of drug-likeness (QED) is 0.488. The third kappa shape index (κ3) is 6.77. The molecule has 0 unspecified atom stereocenters. The normalized spacial score (nSPS) is 11.4. The van der Waals surface area contributed by atoms with E-state index in [0.717, 1.165) is 0 Å².